The molecule has 0 unspecified atom stereocenters. The van der Waals surface area contributed by atoms with Crippen molar-refractivity contribution in [1.82, 2.24) is 14.7 Å². The molecular weight excluding hydrogens is 632 g/mol. The van der Waals surface area contributed by atoms with Gasteiger partial charge in [0.05, 0.1) is 5.92 Å². The molecule has 0 aromatic heterocycles. The summed E-state index contributed by atoms with van der Waals surface area (Å²) in [6, 6.07) is 5.10. The van der Waals surface area contributed by atoms with E-state index in [0.29, 0.717) is 62.4 Å². The number of benzene rings is 1. The lowest BCUT2D eigenvalue weighted by atomic mass is 9.84. The number of amides is 2. The Morgan fingerprint density at radius 1 is 0.911 bits per heavy atom. The molecule has 3 aliphatic heterocycles. The molecule has 3 saturated heterocycles. The molecule has 0 atom stereocenters. The molecule has 3 heterocycles. The molecule has 252 valence electrons. The lowest BCUT2D eigenvalue weighted by molar-refractivity contribution is -0.308. The Bertz CT molecular complexity index is 1240. The van der Waals surface area contributed by atoms with Crippen molar-refractivity contribution < 1.29 is 50.2 Å². The number of likely N-dealkylation sites (tertiary alicyclic amines) is 3. The van der Waals surface area contributed by atoms with Crippen LogP contribution in [0.3, 0.4) is 0 Å². The van der Waals surface area contributed by atoms with E-state index in [1.807, 2.05) is 20.8 Å². The molecule has 0 saturated carbocycles. The molecule has 3 fully saturated rings. The highest BCUT2D eigenvalue weighted by molar-refractivity contribution is 6.31. The number of alkyl halides is 6. The Morgan fingerprint density at radius 3 is 2.07 bits per heavy atom. The van der Waals surface area contributed by atoms with Crippen molar-refractivity contribution in [2.75, 3.05) is 32.7 Å². The van der Waals surface area contributed by atoms with Gasteiger partial charge in [0.2, 0.25) is 0 Å². The third-order valence-corrected chi connectivity index (χ3v) is 8.76. The first kappa shape index (κ1) is 35.1. The van der Waals surface area contributed by atoms with Crippen LogP contribution in [0.25, 0.3) is 0 Å². The summed E-state index contributed by atoms with van der Waals surface area (Å²) >= 11 is 6.41. The first-order chi connectivity index (χ1) is 20.8. The van der Waals surface area contributed by atoms with Gasteiger partial charge in [-0.15, -0.1) is 0 Å². The van der Waals surface area contributed by atoms with Crippen molar-refractivity contribution in [3.8, 4) is 0 Å². The summed E-state index contributed by atoms with van der Waals surface area (Å²) in [6.07, 6.45) is -14.6. The van der Waals surface area contributed by atoms with Gasteiger partial charge in [-0.25, -0.2) is 4.79 Å². The fourth-order valence-corrected chi connectivity index (χ4v) is 6.62. The number of carbonyl (C=O) groups is 3. The third-order valence-electron chi connectivity index (χ3n) is 8.55. The monoisotopic (exact) mass is 669 g/mol. The van der Waals surface area contributed by atoms with Crippen LogP contribution in [-0.4, -0.2) is 95.0 Å². The van der Waals surface area contributed by atoms with Gasteiger partial charge in [0.15, 0.2) is 0 Å². The van der Waals surface area contributed by atoms with Gasteiger partial charge in [-0.3, -0.25) is 14.5 Å². The van der Waals surface area contributed by atoms with Gasteiger partial charge in [0.1, 0.15) is 5.60 Å². The normalized spacial score (nSPS) is 20.2. The summed E-state index contributed by atoms with van der Waals surface area (Å²) < 4.78 is 86.6. The molecule has 8 nitrogen and oxygen atoms in total. The van der Waals surface area contributed by atoms with Gasteiger partial charge in [-0.05, 0) is 96.1 Å². The Balaban J connectivity index is 1.37. The number of rotatable bonds is 5. The zero-order valence-electron chi connectivity index (χ0n) is 25.4. The van der Waals surface area contributed by atoms with E-state index < -0.39 is 35.7 Å². The standard InChI is InChI=1S/C30H38ClF6N3O5/c1-27(2,3)45-24(42)20-5-11-38(12-6-20)18-19-15-21(17-22(31)16-19)23(41)40-10-4-7-28(40)8-13-39(14-9-28)26(43)44-25(29(32,33)34)30(35,36)37/h15-17,20,25H,4-14,18H2,1-3H3. The fraction of sp³-hybridized carbons (Fsp3) is 0.700. The van der Waals surface area contributed by atoms with E-state index in [-0.39, 0.29) is 43.7 Å². The summed E-state index contributed by atoms with van der Waals surface area (Å²) in [5.74, 6) is -0.663. The van der Waals surface area contributed by atoms with E-state index in [2.05, 4.69) is 9.64 Å². The zero-order valence-corrected chi connectivity index (χ0v) is 26.2. The van der Waals surface area contributed by atoms with Crippen molar-refractivity contribution in [3.63, 3.8) is 0 Å². The summed E-state index contributed by atoms with van der Waals surface area (Å²) in [6.45, 7) is 7.43. The van der Waals surface area contributed by atoms with E-state index in [0.717, 1.165) is 10.5 Å². The number of hydrogen-bond donors (Lipinski definition) is 0. The second-order valence-electron chi connectivity index (χ2n) is 13.1. The molecule has 2 amide bonds. The van der Waals surface area contributed by atoms with Gasteiger partial charge in [0.25, 0.3) is 12.0 Å². The number of nitrogens with zero attached hydrogens (tertiary/aromatic N) is 3. The number of ether oxygens (including phenoxy) is 2. The summed E-state index contributed by atoms with van der Waals surface area (Å²) in [5.41, 5.74) is -0.0717. The van der Waals surface area contributed by atoms with Crippen LogP contribution in [0.2, 0.25) is 5.02 Å². The minimum Gasteiger partial charge on any atom is -0.460 e. The van der Waals surface area contributed by atoms with E-state index in [4.69, 9.17) is 16.3 Å². The smallest absolute Gasteiger partial charge is 0.434 e. The lowest BCUT2D eigenvalue weighted by Crippen LogP contribution is -2.56. The van der Waals surface area contributed by atoms with Crippen molar-refractivity contribution >= 4 is 29.6 Å². The van der Waals surface area contributed by atoms with Crippen LogP contribution in [0.5, 0.6) is 0 Å². The van der Waals surface area contributed by atoms with Crippen molar-refractivity contribution in [1.29, 1.82) is 0 Å². The van der Waals surface area contributed by atoms with Crippen molar-refractivity contribution in [2.45, 2.75) is 95.4 Å². The molecule has 1 aromatic rings. The number of piperidine rings is 2. The highest BCUT2D eigenvalue weighted by Crippen LogP contribution is 2.41. The van der Waals surface area contributed by atoms with E-state index >= 15 is 0 Å². The van der Waals surface area contributed by atoms with Gasteiger partial charge in [-0.1, -0.05) is 11.6 Å². The number of esters is 1. The maximum Gasteiger partial charge on any atom is 0.434 e. The highest BCUT2D eigenvalue weighted by Gasteiger charge is 2.60. The first-order valence-corrected chi connectivity index (χ1v) is 15.3. The third kappa shape index (κ3) is 8.75. The summed E-state index contributed by atoms with van der Waals surface area (Å²) in [7, 11) is 0. The van der Waals surface area contributed by atoms with Crippen LogP contribution >= 0.6 is 11.6 Å². The number of halogens is 7. The van der Waals surface area contributed by atoms with Crippen LogP contribution in [0, 0.1) is 5.92 Å². The van der Waals surface area contributed by atoms with Gasteiger partial charge in [-0.2, -0.15) is 26.3 Å². The summed E-state index contributed by atoms with van der Waals surface area (Å²) in [5, 5.41) is 0.370. The minimum atomic E-state index is -5.80. The second-order valence-corrected chi connectivity index (χ2v) is 13.5. The largest absolute Gasteiger partial charge is 0.460 e. The highest BCUT2D eigenvalue weighted by atomic mass is 35.5. The Kier molecular flexibility index (Phi) is 10.3. The van der Waals surface area contributed by atoms with Crippen LogP contribution in [0.4, 0.5) is 31.1 Å². The minimum absolute atomic E-state index is 0.162. The van der Waals surface area contributed by atoms with Gasteiger partial charge >= 0.3 is 24.4 Å². The predicted molar refractivity (Wildman–Crippen MR) is 151 cm³/mol. The topological polar surface area (TPSA) is 79.4 Å². The molecule has 3 aliphatic rings. The van der Waals surface area contributed by atoms with Crippen LogP contribution < -0.4 is 0 Å². The predicted octanol–water partition coefficient (Wildman–Crippen LogP) is 6.59. The molecule has 1 aromatic carbocycles. The molecule has 0 bridgehead atoms. The first-order valence-electron chi connectivity index (χ1n) is 14.9. The Hall–Kier alpha value is -2.74. The maximum absolute atomic E-state index is 13.8. The molecule has 4 rings (SSSR count). The number of carbonyl (C=O) groups excluding carboxylic acids is 3. The van der Waals surface area contributed by atoms with Gasteiger partial charge in [0, 0.05) is 42.3 Å². The van der Waals surface area contributed by atoms with Gasteiger partial charge < -0.3 is 19.3 Å². The molecule has 15 heteroatoms. The molecule has 1 spiro atoms. The molecule has 45 heavy (non-hydrogen) atoms. The quantitative estimate of drug-likeness (QED) is 0.260. The summed E-state index contributed by atoms with van der Waals surface area (Å²) in [4.78, 5) is 43.2. The van der Waals surface area contributed by atoms with Crippen LogP contribution in [-0.2, 0) is 20.8 Å². The Morgan fingerprint density at radius 2 is 1.51 bits per heavy atom. The zero-order chi connectivity index (χ0) is 33.4. The Labute approximate surface area is 262 Å². The fourth-order valence-electron chi connectivity index (χ4n) is 6.37. The molecule has 0 aliphatic carbocycles. The van der Waals surface area contributed by atoms with E-state index in [1.54, 1.807) is 23.1 Å². The van der Waals surface area contributed by atoms with E-state index in [1.165, 1.54) is 0 Å². The van der Waals surface area contributed by atoms with Crippen molar-refractivity contribution in [3.05, 3.63) is 34.3 Å². The van der Waals surface area contributed by atoms with Crippen LogP contribution in [0.1, 0.15) is 75.2 Å². The molecule has 0 radical (unpaired) electrons. The van der Waals surface area contributed by atoms with Crippen molar-refractivity contribution in [2.24, 2.45) is 5.92 Å². The average molecular weight is 670 g/mol. The molecule has 0 N–H and O–H groups in total. The second kappa shape index (κ2) is 13.2. The maximum atomic E-state index is 13.8. The molecular formula is C30H38ClF6N3O5. The number of hydrogen-bond acceptors (Lipinski definition) is 6. The van der Waals surface area contributed by atoms with Crippen LogP contribution in [0.15, 0.2) is 18.2 Å². The lowest BCUT2D eigenvalue weighted by Gasteiger charge is -2.45. The average Bonchev–Trinajstić information content (AvgIpc) is 3.32. The van der Waals surface area contributed by atoms with E-state index in [9.17, 15) is 40.7 Å². The SMILES string of the molecule is CC(C)(C)OC(=O)C1CCN(Cc2cc(Cl)cc(C(=O)N3CCCC34CCN(C(=O)OC(C(F)(F)F)C(F)(F)F)CC4)c2)CC1.